The van der Waals surface area contributed by atoms with Crippen LogP contribution in [0.2, 0.25) is 0 Å². The van der Waals surface area contributed by atoms with Gasteiger partial charge in [-0.1, -0.05) is 30.3 Å². The Morgan fingerprint density at radius 2 is 1.60 bits per heavy atom. The number of benzene rings is 3. The standard InChI is InChI=1S/C22H18F3N5/c1-14-7-19(26-12-15-5-3-2-4-6-15)21(25)20(8-14)28-22-27-13-30(29-22)18-10-16(23)9-17(24)11-18/h2-11,13,26H,12H2,1H3,(H,28,29). The van der Waals surface area contributed by atoms with Gasteiger partial charge < -0.3 is 10.6 Å². The molecule has 4 aromatic rings. The second kappa shape index (κ2) is 8.28. The van der Waals surface area contributed by atoms with E-state index in [1.807, 2.05) is 37.3 Å². The van der Waals surface area contributed by atoms with E-state index in [0.717, 1.165) is 29.3 Å². The van der Waals surface area contributed by atoms with E-state index >= 15 is 0 Å². The lowest BCUT2D eigenvalue weighted by atomic mass is 10.1. The van der Waals surface area contributed by atoms with Crippen molar-refractivity contribution in [1.82, 2.24) is 14.8 Å². The summed E-state index contributed by atoms with van der Waals surface area (Å²) in [5.74, 6) is -1.84. The molecule has 1 heterocycles. The molecule has 0 amide bonds. The highest BCUT2D eigenvalue weighted by Crippen LogP contribution is 2.27. The Bertz CT molecular complexity index is 1150. The van der Waals surface area contributed by atoms with Gasteiger partial charge in [0, 0.05) is 12.6 Å². The van der Waals surface area contributed by atoms with Crippen LogP contribution in [-0.2, 0) is 6.54 Å². The molecule has 0 aliphatic carbocycles. The lowest BCUT2D eigenvalue weighted by Gasteiger charge is -2.13. The van der Waals surface area contributed by atoms with Crippen LogP contribution in [0.4, 0.5) is 30.5 Å². The SMILES string of the molecule is Cc1cc(NCc2ccccc2)c(F)c(Nc2ncn(-c3cc(F)cc(F)c3)n2)c1. The van der Waals surface area contributed by atoms with E-state index in [0.29, 0.717) is 12.2 Å². The first-order valence-corrected chi connectivity index (χ1v) is 9.21. The number of nitrogens with one attached hydrogen (secondary N) is 2. The Morgan fingerprint density at radius 3 is 2.33 bits per heavy atom. The molecule has 0 radical (unpaired) electrons. The fraction of sp³-hybridized carbons (Fsp3) is 0.0909. The molecule has 0 fully saturated rings. The molecule has 0 saturated heterocycles. The molecule has 0 spiro atoms. The van der Waals surface area contributed by atoms with Crippen LogP contribution >= 0.6 is 0 Å². The summed E-state index contributed by atoms with van der Waals surface area (Å²) in [6.45, 7) is 2.32. The summed E-state index contributed by atoms with van der Waals surface area (Å²) >= 11 is 0. The van der Waals surface area contributed by atoms with E-state index in [4.69, 9.17) is 0 Å². The van der Waals surface area contributed by atoms with Crippen LogP contribution in [0.25, 0.3) is 5.69 Å². The number of anilines is 3. The molecular formula is C22H18F3N5. The maximum Gasteiger partial charge on any atom is 0.247 e. The minimum Gasteiger partial charge on any atom is -0.379 e. The summed E-state index contributed by atoms with van der Waals surface area (Å²) in [6.07, 6.45) is 1.29. The van der Waals surface area contributed by atoms with Gasteiger partial charge in [-0.15, -0.1) is 5.10 Å². The first kappa shape index (κ1) is 19.5. The van der Waals surface area contributed by atoms with Crippen molar-refractivity contribution in [3.8, 4) is 5.69 Å². The van der Waals surface area contributed by atoms with E-state index in [-0.39, 0.29) is 17.3 Å². The normalized spacial score (nSPS) is 10.8. The highest BCUT2D eigenvalue weighted by molar-refractivity contribution is 5.64. The molecule has 5 nitrogen and oxygen atoms in total. The summed E-state index contributed by atoms with van der Waals surface area (Å²) in [5, 5.41) is 10.0. The second-order valence-corrected chi connectivity index (χ2v) is 6.78. The molecule has 8 heteroatoms. The molecule has 0 atom stereocenters. The summed E-state index contributed by atoms with van der Waals surface area (Å²) in [4.78, 5) is 4.05. The van der Waals surface area contributed by atoms with Crippen LogP contribution in [0.15, 0.2) is 67.0 Å². The maximum absolute atomic E-state index is 15.0. The molecule has 0 aliphatic heterocycles. The molecule has 0 aliphatic rings. The fourth-order valence-corrected chi connectivity index (χ4v) is 3.02. The summed E-state index contributed by atoms with van der Waals surface area (Å²) in [7, 11) is 0. The van der Waals surface area contributed by atoms with Crippen LogP contribution in [0.3, 0.4) is 0 Å². The zero-order chi connectivity index (χ0) is 21.1. The Morgan fingerprint density at radius 1 is 0.900 bits per heavy atom. The highest BCUT2D eigenvalue weighted by atomic mass is 19.1. The second-order valence-electron chi connectivity index (χ2n) is 6.78. The third kappa shape index (κ3) is 4.43. The fourth-order valence-electron chi connectivity index (χ4n) is 3.02. The molecule has 2 N–H and O–H groups in total. The van der Waals surface area contributed by atoms with E-state index < -0.39 is 17.5 Å². The minimum absolute atomic E-state index is 0.0955. The third-order valence-electron chi connectivity index (χ3n) is 4.39. The van der Waals surface area contributed by atoms with E-state index in [2.05, 4.69) is 20.7 Å². The first-order valence-electron chi connectivity index (χ1n) is 9.21. The zero-order valence-electron chi connectivity index (χ0n) is 16.0. The molecular weight excluding hydrogens is 391 g/mol. The largest absolute Gasteiger partial charge is 0.379 e. The number of hydrogen-bond donors (Lipinski definition) is 2. The van der Waals surface area contributed by atoms with Gasteiger partial charge in [-0.05, 0) is 42.3 Å². The molecule has 152 valence electrons. The van der Waals surface area contributed by atoms with Crippen molar-refractivity contribution in [3.05, 3.63) is 95.6 Å². The summed E-state index contributed by atoms with van der Waals surface area (Å²) < 4.78 is 43.1. The van der Waals surface area contributed by atoms with Crippen molar-refractivity contribution in [3.63, 3.8) is 0 Å². The lowest BCUT2D eigenvalue weighted by Crippen LogP contribution is -2.05. The Labute approximate surface area is 171 Å². The van der Waals surface area contributed by atoms with Gasteiger partial charge in [0.25, 0.3) is 0 Å². The van der Waals surface area contributed by atoms with Crippen molar-refractivity contribution in [2.24, 2.45) is 0 Å². The number of rotatable bonds is 6. The van der Waals surface area contributed by atoms with Crippen LogP contribution in [0.5, 0.6) is 0 Å². The van der Waals surface area contributed by atoms with Crippen LogP contribution < -0.4 is 10.6 Å². The molecule has 0 bridgehead atoms. The van der Waals surface area contributed by atoms with Crippen molar-refractivity contribution >= 4 is 17.3 Å². The molecule has 4 rings (SSSR count). The van der Waals surface area contributed by atoms with Crippen molar-refractivity contribution in [1.29, 1.82) is 0 Å². The number of halogens is 3. The van der Waals surface area contributed by atoms with E-state index in [1.165, 1.54) is 11.0 Å². The first-order chi connectivity index (χ1) is 14.5. The predicted molar refractivity (Wildman–Crippen MR) is 109 cm³/mol. The minimum atomic E-state index is -0.728. The van der Waals surface area contributed by atoms with Gasteiger partial charge in [0.15, 0.2) is 5.82 Å². The van der Waals surface area contributed by atoms with Gasteiger partial charge in [-0.25, -0.2) is 17.9 Å². The van der Waals surface area contributed by atoms with Crippen LogP contribution in [0, 0.1) is 24.4 Å². The summed E-state index contributed by atoms with van der Waals surface area (Å²) in [6, 6.07) is 16.0. The molecule has 3 aromatic carbocycles. The molecule has 0 saturated carbocycles. The van der Waals surface area contributed by atoms with Gasteiger partial charge in [0.05, 0.1) is 17.1 Å². The smallest absolute Gasteiger partial charge is 0.247 e. The van der Waals surface area contributed by atoms with Crippen LogP contribution in [-0.4, -0.2) is 14.8 Å². The number of hydrogen-bond acceptors (Lipinski definition) is 4. The maximum atomic E-state index is 15.0. The lowest BCUT2D eigenvalue weighted by molar-refractivity contribution is 0.580. The Balaban J connectivity index is 1.55. The van der Waals surface area contributed by atoms with E-state index in [1.54, 1.807) is 12.1 Å². The van der Waals surface area contributed by atoms with Gasteiger partial charge >= 0.3 is 0 Å². The van der Waals surface area contributed by atoms with Crippen molar-refractivity contribution in [2.75, 3.05) is 10.6 Å². The van der Waals surface area contributed by atoms with Gasteiger partial charge in [0.1, 0.15) is 18.0 Å². The average molecular weight is 409 g/mol. The Kier molecular flexibility index (Phi) is 5.38. The number of aromatic nitrogens is 3. The van der Waals surface area contributed by atoms with Gasteiger partial charge in [0.2, 0.25) is 5.95 Å². The Hall–Kier alpha value is -3.81. The monoisotopic (exact) mass is 409 g/mol. The van der Waals surface area contributed by atoms with Crippen molar-refractivity contribution in [2.45, 2.75) is 13.5 Å². The zero-order valence-corrected chi connectivity index (χ0v) is 16.0. The molecule has 1 aromatic heterocycles. The number of nitrogens with zero attached hydrogens (tertiary/aromatic N) is 3. The van der Waals surface area contributed by atoms with Gasteiger partial charge in [-0.2, -0.15) is 4.98 Å². The quantitative estimate of drug-likeness (QED) is 0.451. The van der Waals surface area contributed by atoms with E-state index in [9.17, 15) is 13.2 Å². The third-order valence-corrected chi connectivity index (χ3v) is 4.39. The predicted octanol–water partition coefficient (Wildman–Crippen LogP) is 5.35. The molecule has 0 unspecified atom stereocenters. The number of aryl methyl sites for hydroxylation is 1. The van der Waals surface area contributed by atoms with Gasteiger partial charge in [-0.3, -0.25) is 0 Å². The molecule has 30 heavy (non-hydrogen) atoms. The van der Waals surface area contributed by atoms with Crippen molar-refractivity contribution < 1.29 is 13.2 Å². The topological polar surface area (TPSA) is 54.8 Å². The van der Waals surface area contributed by atoms with Crippen LogP contribution in [0.1, 0.15) is 11.1 Å². The summed E-state index contributed by atoms with van der Waals surface area (Å²) in [5.41, 5.74) is 2.56. The highest BCUT2D eigenvalue weighted by Gasteiger charge is 2.13. The average Bonchev–Trinajstić information content (AvgIpc) is 3.18.